The van der Waals surface area contributed by atoms with Crippen molar-refractivity contribution in [2.45, 2.75) is 19.5 Å². The lowest BCUT2D eigenvalue weighted by Gasteiger charge is -2.12. The summed E-state index contributed by atoms with van der Waals surface area (Å²) in [7, 11) is -0.748. The molecule has 0 bridgehead atoms. The summed E-state index contributed by atoms with van der Waals surface area (Å²) in [4.78, 5) is 4.30. The molecule has 3 nitrogen and oxygen atoms in total. The van der Waals surface area contributed by atoms with Gasteiger partial charge in [-0.15, -0.1) is 0 Å². The first-order chi connectivity index (χ1) is 8.65. The van der Waals surface area contributed by atoms with E-state index in [1.807, 2.05) is 12.1 Å². The van der Waals surface area contributed by atoms with Crippen LogP contribution in [0, 0.1) is 0 Å². The molecule has 1 aromatic heterocycles. The number of hydrogen-bond acceptors (Lipinski definition) is 3. The Balaban J connectivity index is 2.01. The van der Waals surface area contributed by atoms with E-state index in [9.17, 15) is 4.21 Å². The molecule has 0 aliphatic heterocycles. The second-order valence-corrected chi connectivity index (χ2v) is 6.03. The molecule has 0 aliphatic rings. The van der Waals surface area contributed by atoms with Crippen LogP contribution in [0.15, 0.2) is 36.5 Å². The molecule has 0 fully saturated rings. The van der Waals surface area contributed by atoms with E-state index >= 15 is 0 Å². The Morgan fingerprint density at radius 2 is 2.22 bits per heavy atom. The highest BCUT2D eigenvalue weighted by atomic mass is 32.2. The smallest absolute Gasteiger partial charge is 0.0702 e. The van der Waals surface area contributed by atoms with Gasteiger partial charge in [0.1, 0.15) is 0 Å². The van der Waals surface area contributed by atoms with E-state index in [-0.39, 0.29) is 6.04 Å². The van der Waals surface area contributed by atoms with Gasteiger partial charge in [-0.1, -0.05) is 12.1 Å². The lowest BCUT2D eigenvalue weighted by atomic mass is 10.1. The maximum absolute atomic E-state index is 11.1. The molecular formula is C14H18N2OS. The van der Waals surface area contributed by atoms with Crippen LogP contribution in [-0.4, -0.2) is 27.2 Å². The molecule has 0 aliphatic carbocycles. The third kappa shape index (κ3) is 3.62. The number of nitrogens with one attached hydrogen (secondary N) is 1. The van der Waals surface area contributed by atoms with Gasteiger partial charge in [-0.2, -0.15) is 0 Å². The fourth-order valence-corrected chi connectivity index (χ4v) is 2.76. The van der Waals surface area contributed by atoms with Crippen molar-refractivity contribution in [1.29, 1.82) is 0 Å². The zero-order valence-electron chi connectivity index (χ0n) is 10.7. The van der Waals surface area contributed by atoms with Gasteiger partial charge in [0.15, 0.2) is 0 Å². The van der Waals surface area contributed by atoms with Crippen LogP contribution < -0.4 is 5.32 Å². The number of aromatic nitrogens is 1. The molecule has 0 spiro atoms. The summed E-state index contributed by atoms with van der Waals surface area (Å²) in [5, 5.41) is 4.54. The maximum Gasteiger partial charge on any atom is 0.0702 e. The van der Waals surface area contributed by atoms with Gasteiger partial charge in [-0.3, -0.25) is 9.19 Å². The second kappa shape index (κ2) is 6.07. The van der Waals surface area contributed by atoms with Gasteiger partial charge in [0.05, 0.1) is 5.52 Å². The molecule has 0 radical (unpaired) electrons. The van der Waals surface area contributed by atoms with Gasteiger partial charge in [0.25, 0.3) is 0 Å². The van der Waals surface area contributed by atoms with E-state index in [0.717, 1.165) is 17.4 Å². The third-order valence-electron chi connectivity index (χ3n) is 2.81. The van der Waals surface area contributed by atoms with E-state index in [2.05, 4.69) is 35.4 Å². The highest BCUT2D eigenvalue weighted by molar-refractivity contribution is 7.84. The highest BCUT2D eigenvalue weighted by Gasteiger charge is 2.04. The predicted octanol–water partition coefficient (Wildman–Crippen LogP) is 2.09. The minimum absolute atomic E-state index is 0.264. The molecule has 18 heavy (non-hydrogen) atoms. The van der Waals surface area contributed by atoms with Crippen molar-refractivity contribution in [3.63, 3.8) is 0 Å². The first-order valence-electron chi connectivity index (χ1n) is 6.02. The zero-order valence-corrected chi connectivity index (χ0v) is 11.5. The molecule has 0 amide bonds. The van der Waals surface area contributed by atoms with Crippen LogP contribution >= 0.6 is 0 Å². The van der Waals surface area contributed by atoms with Crippen molar-refractivity contribution in [2.24, 2.45) is 0 Å². The van der Waals surface area contributed by atoms with Crippen LogP contribution in [0.1, 0.15) is 12.5 Å². The number of pyridine rings is 1. The summed E-state index contributed by atoms with van der Waals surface area (Å²) in [6.45, 7) is 2.85. The largest absolute Gasteiger partial charge is 0.309 e. The minimum Gasteiger partial charge on any atom is -0.309 e. The summed E-state index contributed by atoms with van der Waals surface area (Å²) >= 11 is 0. The van der Waals surface area contributed by atoms with Crippen molar-refractivity contribution in [1.82, 2.24) is 10.3 Å². The van der Waals surface area contributed by atoms with Crippen molar-refractivity contribution in [3.05, 3.63) is 42.1 Å². The number of hydrogen-bond donors (Lipinski definition) is 1. The average molecular weight is 262 g/mol. The summed E-state index contributed by atoms with van der Waals surface area (Å²) < 4.78 is 11.1. The van der Waals surface area contributed by atoms with Crippen LogP contribution in [0.2, 0.25) is 0 Å². The molecule has 0 saturated heterocycles. The van der Waals surface area contributed by atoms with Gasteiger partial charge < -0.3 is 5.32 Å². The molecule has 96 valence electrons. The van der Waals surface area contributed by atoms with E-state index in [4.69, 9.17) is 0 Å². The van der Waals surface area contributed by atoms with E-state index in [1.165, 1.54) is 5.56 Å². The van der Waals surface area contributed by atoms with Gasteiger partial charge in [0.2, 0.25) is 0 Å². The molecule has 1 heterocycles. The molecule has 4 heteroatoms. The van der Waals surface area contributed by atoms with Gasteiger partial charge >= 0.3 is 0 Å². The average Bonchev–Trinajstić information content (AvgIpc) is 2.35. The summed E-state index contributed by atoms with van der Waals surface area (Å²) in [6.07, 6.45) is 3.54. The van der Waals surface area contributed by atoms with E-state index in [0.29, 0.717) is 5.75 Å². The fourth-order valence-electron chi connectivity index (χ4n) is 1.94. The standard InChI is InChI=1S/C14H18N2OS/c1-11(10-18(2)17)16-9-12-5-6-14-13(8-12)4-3-7-15-14/h3-8,11,16H,9-10H2,1-2H3. The SMILES string of the molecule is CC(CS(C)=O)NCc1ccc2ncccc2c1. The maximum atomic E-state index is 11.1. The Hall–Kier alpha value is -1.26. The van der Waals surface area contributed by atoms with E-state index in [1.54, 1.807) is 12.5 Å². The minimum atomic E-state index is -0.748. The molecule has 0 saturated carbocycles. The topological polar surface area (TPSA) is 42.0 Å². The van der Waals surface area contributed by atoms with Crippen molar-refractivity contribution in [2.75, 3.05) is 12.0 Å². The molecule has 2 atom stereocenters. The Kier molecular flexibility index (Phi) is 4.44. The van der Waals surface area contributed by atoms with Crippen LogP contribution in [0.4, 0.5) is 0 Å². The van der Waals surface area contributed by atoms with Crippen molar-refractivity contribution >= 4 is 21.7 Å². The molecular weight excluding hydrogens is 244 g/mol. The predicted molar refractivity (Wildman–Crippen MR) is 77.0 cm³/mol. The summed E-state index contributed by atoms with van der Waals surface area (Å²) in [5.74, 6) is 0.690. The normalized spacial score (nSPS) is 14.6. The molecule has 2 rings (SSSR count). The van der Waals surface area contributed by atoms with Gasteiger partial charge in [-0.25, -0.2) is 0 Å². The number of benzene rings is 1. The van der Waals surface area contributed by atoms with E-state index < -0.39 is 10.8 Å². The lowest BCUT2D eigenvalue weighted by molar-refractivity contribution is 0.587. The Morgan fingerprint density at radius 3 is 3.00 bits per heavy atom. The number of nitrogens with zero attached hydrogens (tertiary/aromatic N) is 1. The Morgan fingerprint density at radius 1 is 1.39 bits per heavy atom. The summed E-state index contributed by atoms with van der Waals surface area (Å²) in [5.41, 5.74) is 2.24. The third-order valence-corrected chi connectivity index (χ3v) is 3.78. The second-order valence-electron chi connectivity index (χ2n) is 4.55. The highest BCUT2D eigenvalue weighted by Crippen LogP contribution is 2.13. The number of rotatable bonds is 5. The van der Waals surface area contributed by atoms with Crippen molar-refractivity contribution < 1.29 is 4.21 Å². The molecule has 2 unspecified atom stereocenters. The van der Waals surface area contributed by atoms with Crippen LogP contribution in [0.25, 0.3) is 10.9 Å². The first kappa shape index (κ1) is 13.2. The van der Waals surface area contributed by atoms with Crippen LogP contribution in [0.5, 0.6) is 0 Å². The Bertz CT molecular complexity index is 556. The lowest BCUT2D eigenvalue weighted by Crippen LogP contribution is -2.30. The molecule has 1 aromatic carbocycles. The Labute approximate surface area is 110 Å². The van der Waals surface area contributed by atoms with Crippen LogP contribution in [0.3, 0.4) is 0 Å². The van der Waals surface area contributed by atoms with Crippen LogP contribution in [-0.2, 0) is 17.3 Å². The van der Waals surface area contributed by atoms with Gasteiger partial charge in [-0.05, 0) is 30.7 Å². The number of fused-ring (bicyclic) bond motifs is 1. The van der Waals surface area contributed by atoms with Crippen molar-refractivity contribution in [3.8, 4) is 0 Å². The molecule has 2 aromatic rings. The fraction of sp³-hybridized carbons (Fsp3) is 0.357. The zero-order chi connectivity index (χ0) is 13.0. The van der Waals surface area contributed by atoms with Gasteiger partial charge in [0, 0.05) is 47.0 Å². The first-order valence-corrected chi connectivity index (χ1v) is 7.75. The quantitative estimate of drug-likeness (QED) is 0.897. The monoisotopic (exact) mass is 262 g/mol. The summed E-state index contributed by atoms with van der Waals surface area (Å²) in [6, 6.07) is 10.5. The molecule has 1 N–H and O–H groups in total.